The summed E-state index contributed by atoms with van der Waals surface area (Å²) in [5, 5.41) is 21.2. The molecule has 6 heterocycles. The number of aromatic hydroxyl groups is 1. The van der Waals surface area contributed by atoms with Crippen LogP contribution in [-0.2, 0) is 11.3 Å². The van der Waals surface area contributed by atoms with Crippen LogP contribution in [0.2, 0.25) is 0 Å². The Morgan fingerprint density at radius 1 is 0.878 bits per heavy atom. The Morgan fingerprint density at radius 2 is 1.59 bits per heavy atom. The van der Waals surface area contributed by atoms with Gasteiger partial charge in [-0.1, -0.05) is 24.3 Å². The second-order valence-corrected chi connectivity index (χ2v) is 13.5. The molecule has 4 saturated heterocycles. The van der Waals surface area contributed by atoms with Crippen LogP contribution in [0.4, 0.5) is 27.9 Å². The molecule has 0 saturated carbocycles. The summed E-state index contributed by atoms with van der Waals surface area (Å²) in [5.74, 6) is 1.55. The van der Waals surface area contributed by atoms with E-state index in [1.54, 1.807) is 17.0 Å². The summed E-state index contributed by atoms with van der Waals surface area (Å²) < 4.78 is 0. The van der Waals surface area contributed by atoms with Gasteiger partial charge in [0.15, 0.2) is 5.82 Å². The fraction of sp³-hybridized carbons (Fsp3) is 0.389. The molecule has 2 aromatic heterocycles. The number of phenols is 1. The van der Waals surface area contributed by atoms with Crippen LogP contribution < -0.4 is 25.8 Å². The maximum atomic E-state index is 12.2. The smallest absolute Gasteiger partial charge is 0.328 e. The van der Waals surface area contributed by atoms with Gasteiger partial charge in [-0.25, -0.2) is 14.8 Å². The zero-order valence-electron chi connectivity index (χ0n) is 27.3. The number of nitrogens with zero attached hydrogens (tertiary/aromatic N) is 8. The van der Waals surface area contributed by atoms with E-state index in [2.05, 4.69) is 42.3 Å². The van der Waals surface area contributed by atoms with Crippen molar-refractivity contribution in [3.05, 3.63) is 78.1 Å². The molecular weight excluding hydrogens is 620 g/mol. The van der Waals surface area contributed by atoms with Crippen molar-refractivity contribution in [2.24, 2.45) is 0 Å². The number of nitrogens with two attached hydrogens (primary N) is 1. The number of phenolic OH excluding ortho intramolecular Hbond substituents is 1. The quantitative estimate of drug-likeness (QED) is 0.264. The minimum Gasteiger partial charge on any atom is -0.507 e. The monoisotopic (exact) mass is 660 g/mol. The molecule has 0 spiro atoms. The number of benzene rings is 2. The average Bonchev–Trinajstić information content (AvgIpc) is 3.38. The maximum Gasteiger partial charge on any atom is 0.328 e. The highest BCUT2D eigenvalue weighted by Crippen LogP contribution is 2.38. The number of nitrogens with one attached hydrogen (secondary N) is 1. The van der Waals surface area contributed by atoms with Crippen molar-refractivity contribution in [2.75, 3.05) is 53.2 Å². The third kappa shape index (κ3) is 6.21. The molecule has 2 bridgehead atoms. The summed E-state index contributed by atoms with van der Waals surface area (Å²) in [6, 6.07) is 17.3. The number of likely N-dealkylation sites (tertiary alicyclic amines) is 1. The molecule has 0 aliphatic carbocycles. The van der Waals surface area contributed by atoms with Crippen LogP contribution in [0.1, 0.15) is 49.1 Å². The standard InChI is InChI=1S/C36H40N10O3/c37-34-31(17-30(41-42-34)29-3-1-2-4-32(29)47)44-21-27-9-10-28(22-44)46(27)35-38-18-25(19-39-35)24-11-14-43(15-12-24)20-23-5-7-26(8-6-23)45-16-13-33(48)40-36(45)49/h1-8,17-19,24,27-28,47H,9-16,20-22H2,(H2,37,42)(H,40,48,49). The second kappa shape index (κ2) is 13.0. The first kappa shape index (κ1) is 31.0. The number of urea groups is 1. The van der Waals surface area contributed by atoms with Crippen LogP contribution >= 0.6 is 0 Å². The second-order valence-electron chi connectivity index (χ2n) is 13.5. The van der Waals surface area contributed by atoms with Crippen molar-refractivity contribution >= 4 is 35.1 Å². The van der Waals surface area contributed by atoms with Gasteiger partial charge in [-0.3, -0.25) is 19.9 Å². The number of carbonyl (C=O) groups is 2. The number of imide groups is 1. The Balaban J connectivity index is 0.865. The number of carbonyl (C=O) groups excluding carboxylic acids is 2. The Bertz CT molecular complexity index is 1830. The normalized spacial score (nSPS) is 21.7. The molecule has 13 heteroatoms. The van der Waals surface area contributed by atoms with E-state index in [-0.39, 0.29) is 29.8 Å². The van der Waals surface area contributed by atoms with Crippen molar-refractivity contribution < 1.29 is 14.7 Å². The van der Waals surface area contributed by atoms with Crippen molar-refractivity contribution in [2.45, 2.75) is 56.7 Å². The summed E-state index contributed by atoms with van der Waals surface area (Å²) >= 11 is 0. The van der Waals surface area contributed by atoms with Crippen LogP contribution in [-0.4, -0.2) is 86.9 Å². The number of piperidine rings is 1. The fourth-order valence-corrected chi connectivity index (χ4v) is 7.84. The van der Waals surface area contributed by atoms with E-state index in [9.17, 15) is 14.7 Å². The van der Waals surface area contributed by atoms with Gasteiger partial charge in [0.2, 0.25) is 11.9 Å². The van der Waals surface area contributed by atoms with Crippen molar-refractivity contribution in [1.29, 1.82) is 0 Å². The fourth-order valence-electron chi connectivity index (χ4n) is 7.84. The summed E-state index contributed by atoms with van der Waals surface area (Å²) in [7, 11) is 0. The van der Waals surface area contributed by atoms with Gasteiger partial charge >= 0.3 is 6.03 Å². The minimum absolute atomic E-state index is 0.165. The van der Waals surface area contributed by atoms with Crippen molar-refractivity contribution in [1.82, 2.24) is 30.4 Å². The molecule has 4 aromatic rings. The number of piperazine rings is 1. The van der Waals surface area contributed by atoms with E-state index in [4.69, 9.17) is 15.7 Å². The lowest BCUT2D eigenvalue weighted by atomic mass is 9.91. The Hall–Kier alpha value is -5.30. The molecule has 49 heavy (non-hydrogen) atoms. The maximum absolute atomic E-state index is 12.2. The van der Waals surface area contributed by atoms with E-state index in [1.165, 1.54) is 11.1 Å². The highest BCUT2D eigenvalue weighted by atomic mass is 16.3. The molecular formula is C36H40N10O3. The molecule has 3 amide bonds. The van der Waals surface area contributed by atoms with Gasteiger partial charge in [-0.2, -0.15) is 0 Å². The zero-order chi connectivity index (χ0) is 33.5. The first-order valence-corrected chi connectivity index (χ1v) is 17.1. The first-order valence-electron chi connectivity index (χ1n) is 17.1. The molecule has 2 atom stereocenters. The molecule has 4 fully saturated rings. The average molecular weight is 661 g/mol. The third-order valence-electron chi connectivity index (χ3n) is 10.5. The van der Waals surface area contributed by atoms with Gasteiger partial charge in [0.25, 0.3) is 0 Å². The van der Waals surface area contributed by atoms with Crippen LogP contribution in [0, 0.1) is 0 Å². The van der Waals surface area contributed by atoms with Crippen LogP contribution in [0.5, 0.6) is 5.75 Å². The summed E-state index contributed by atoms with van der Waals surface area (Å²) in [4.78, 5) is 42.2. The van der Waals surface area contributed by atoms with Gasteiger partial charge in [0, 0.05) is 68.3 Å². The lowest BCUT2D eigenvalue weighted by Crippen LogP contribution is -2.54. The molecule has 2 unspecified atom stereocenters. The van der Waals surface area contributed by atoms with Gasteiger partial charge in [-0.15, -0.1) is 10.2 Å². The predicted molar refractivity (Wildman–Crippen MR) is 186 cm³/mol. The van der Waals surface area contributed by atoms with E-state index in [0.29, 0.717) is 36.0 Å². The lowest BCUT2D eigenvalue weighted by Gasteiger charge is -2.42. The van der Waals surface area contributed by atoms with Gasteiger partial charge in [-0.05, 0) is 86.1 Å². The number of nitrogen functional groups attached to an aromatic ring is 1. The van der Waals surface area contributed by atoms with Crippen molar-refractivity contribution in [3.63, 3.8) is 0 Å². The highest BCUT2D eigenvalue weighted by Gasteiger charge is 2.42. The number of anilines is 4. The largest absolute Gasteiger partial charge is 0.507 e. The van der Waals surface area contributed by atoms with Gasteiger partial charge in [0.05, 0.1) is 11.4 Å². The molecule has 4 N–H and O–H groups in total. The number of rotatable bonds is 7. The van der Waals surface area contributed by atoms with E-state index < -0.39 is 0 Å². The summed E-state index contributed by atoms with van der Waals surface area (Å²) in [6.45, 7) is 4.83. The molecule has 252 valence electrons. The van der Waals surface area contributed by atoms with Gasteiger partial charge in [0.1, 0.15) is 5.75 Å². The molecule has 4 aliphatic rings. The van der Waals surface area contributed by atoms with Crippen LogP contribution in [0.15, 0.2) is 67.0 Å². The van der Waals surface area contributed by atoms with E-state index >= 15 is 0 Å². The summed E-state index contributed by atoms with van der Waals surface area (Å²) in [5.41, 5.74) is 11.6. The number of hydrogen-bond donors (Lipinski definition) is 3. The number of amides is 3. The van der Waals surface area contributed by atoms with E-state index in [1.807, 2.05) is 42.7 Å². The molecule has 0 radical (unpaired) electrons. The molecule has 4 aliphatic heterocycles. The number of aromatic nitrogens is 4. The Morgan fingerprint density at radius 3 is 2.29 bits per heavy atom. The predicted octanol–water partition coefficient (Wildman–Crippen LogP) is 3.90. The van der Waals surface area contributed by atoms with E-state index in [0.717, 1.165) is 75.7 Å². The Kier molecular flexibility index (Phi) is 8.20. The first-order chi connectivity index (χ1) is 23.9. The molecule has 8 rings (SSSR count). The number of para-hydroxylation sites is 1. The van der Waals surface area contributed by atoms with Gasteiger partial charge < -0.3 is 20.6 Å². The minimum atomic E-state index is -0.358. The molecule has 2 aromatic carbocycles. The SMILES string of the molecule is Nc1nnc(-c2ccccc2O)cc1N1CC2CCC(C1)N2c1ncc(C2CCN(Cc3ccc(N4CCC(=O)NC4=O)cc3)CC2)cn1. The van der Waals surface area contributed by atoms with Crippen molar-refractivity contribution in [3.8, 4) is 17.0 Å². The lowest BCUT2D eigenvalue weighted by molar-refractivity contribution is -0.120. The Labute approximate surface area is 284 Å². The number of hydrogen-bond acceptors (Lipinski definition) is 11. The molecule has 13 nitrogen and oxygen atoms in total. The number of fused-ring (bicyclic) bond motifs is 2. The van der Waals surface area contributed by atoms with Crippen LogP contribution in [0.25, 0.3) is 11.3 Å². The topological polar surface area (TPSA) is 157 Å². The summed E-state index contributed by atoms with van der Waals surface area (Å²) in [6.07, 6.45) is 8.61. The highest BCUT2D eigenvalue weighted by molar-refractivity contribution is 6.05. The third-order valence-corrected chi connectivity index (χ3v) is 10.5. The van der Waals surface area contributed by atoms with Crippen LogP contribution in [0.3, 0.4) is 0 Å². The zero-order valence-corrected chi connectivity index (χ0v) is 27.3.